The highest BCUT2D eigenvalue weighted by molar-refractivity contribution is 14.1. The molecule has 0 atom stereocenters. The fraction of sp³-hybridized carbons (Fsp3) is 0.0417. The molecule has 8 heteroatoms. The third-order valence-electron chi connectivity index (χ3n) is 4.64. The molecule has 0 aromatic heterocycles. The summed E-state index contributed by atoms with van der Waals surface area (Å²) in [5.74, 6) is -0.366. The van der Waals surface area contributed by atoms with Crippen molar-refractivity contribution >= 4 is 73.5 Å². The average molecular weight is 620 g/mol. The zero-order chi connectivity index (χ0) is 22.7. The van der Waals surface area contributed by atoms with E-state index < -0.39 is 5.97 Å². The van der Waals surface area contributed by atoms with E-state index in [2.05, 4.69) is 38.5 Å². The van der Waals surface area contributed by atoms with Crippen molar-refractivity contribution in [1.82, 2.24) is 4.90 Å². The summed E-state index contributed by atoms with van der Waals surface area (Å²) >= 11 is 6.45. The number of carbonyl (C=O) groups excluding carboxylic acids is 3. The lowest BCUT2D eigenvalue weighted by Gasteiger charge is -2.13. The lowest BCUT2D eigenvalue weighted by molar-refractivity contribution is -0.123. The number of halogens is 2. The lowest BCUT2D eigenvalue weighted by Crippen LogP contribution is -2.27. The Kier molecular flexibility index (Phi) is 7.12. The molecule has 1 heterocycles. The van der Waals surface area contributed by atoms with E-state index in [1.165, 1.54) is 4.90 Å². The van der Waals surface area contributed by atoms with Crippen LogP contribution in [-0.2, 0) is 11.3 Å². The van der Waals surface area contributed by atoms with E-state index >= 15 is 0 Å². The van der Waals surface area contributed by atoms with Gasteiger partial charge in [-0.25, -0.2) is 4.79 Å². The van der Waals surface area contributed by atoms with Gasteiger partial charge in [-0.15, -0.1) is 0 Å². The summed E-state index contributed by atoms with van der Waals surface area (Å²) in [6.07, 6.45) is 1.66. The summed E-state index contributed by atoms with van der Waals surface area (Å²) < 4.78 is 7.09. The molecule has 1 aliphatic rings. The standard InChI is InChI=1S/C24H15BrINO4S/c25-19-7-3-1-5-16(19)14-27-22(28)21(32-24(27)30)13-15-9-11-17(12-10-15)31-23(29)18-6-2-4-8-20(18)26/h1-13H,14H2/b21-13-. The van der Waals surface area contributed by atoms with E-state index in [1.54, 1.807) is 42.5 Å². The summed E-state index contributed by atoms with van der Waals surface area (Å²) in [6, 6.07) is 21.5. The fourth-order valence-corrected chi connectivity index (χ4v) is 4.86. The quantitative estimate of drug-likeness (QED) is 0.141. The monoisotopic (exact) mass is 619 g/mol. The summed E-state index contributed by atoms with van der Waals surface area (Å²) in [7, 11) is 0. The molecule has 5 nitrogen and oxygen atoms in total. The first-order valence-corrected chi connectivity index (χ1v) is 12.2. The Balaban J connectivity index is 1.45. The summed E-state index contributed by atoms with van der Waals surface area (Å²) in [5, 5.41) is -0.306. The molecule has 0 radical (unpaired) electrons. The largest absolute Gasteiger partial charge is 0.423 e. The van der Waals surface area contributed by atoms with Crippen molar-refractivity contribution in [1.29, 1.82) is 0 Å². The number of carbonyl (C=O) groups is 3. The number of nitrogens with zero attached hydrogens (tertiary/aromatic N) is 1. The van der Waals surface area contributed by atoms with Gasteiger partial charge in [-0.05, 0) is 81.9 Å². The number of thioether (sulfide) groups is 1. The van der Waals surface area contributed by atoms with E-state index in [9.17, 15) is 14.4 Å². The molecule has 0 unspecified atom stereocenters. The molecule has 1 aliphatic heterocycles. The number of benzene rings is 3. The van der Waals surface area contributed by atoms with Gasteiger partial charge in [0.1, 0.15) is 5.75 Å². The van der Waals surface area contributed by atoms with Crippen LogP contribution in [0.3, 0.4) is 0 Å². The summed E-state index contributed by atoms with van der Waals surface area (Å²) in [6.45, 7) is 0.205. The second-order valence-corrected chi connectivity index (χ2v) is 9.81. The van der Waals surface area contributed by atoms with Crippen molar-refractivity contribution in [3.63, 3.8) is 0 Å². The second-order valence-electron chi connectivity index (χ2n) is 6.80. The predicted molar refractivity (Wildman–Crippen MR) is 136 cm³/mol. The zero-order valence-electron chi connectivity index (χ0n) is 16.5. The topological polar surface area (TPSA) is 63.7 Å². The van der Waals surface area contributed by atoms with Gasteiger partial charge in [0.25, 0.3) is 11.1 Å². The number of rotatable bonds is 5. The van der Waals surface area contributed by atoms with E-state index in [0.29, 0.717) is 16.2 Å². The molecule has 4 rings (SSSR count). The van der Waals surface area contributed by atoms with Gasteiger partial charge in [0.15, 0.2) is 0 Å². The Labute approximate surface area is 211 Å². The minimum atomic E-state index is -0.434. The summed E-state index contributed by atoms with van der Waals surface area (Å²) in [5.41, 5.74) is 2.08. The van der Waals surface area contributed by atoms with Crippen LogP contribution in [-0.4, -0.2) is 22.0 Å². The van der Waals surface area contributed by atoms with E-state index in [-0.39, 0.29) is 17.7 Å². The third kappa shape index (κ3) is 5.13. The molecule has 3 aromatic rings. The van der Waals surface area contributed by atoms with Gasteiger partial charge in [-0.2, -0.15) is 0 Å². The lowest BCUT2D eigenvalue weighted by atomic mass is 10.2. The van der Waals surface area contributed by atoms with Crippen LogP contribution in [0.4, 0.5) is 4.79 Å². The van der Waals surface area contributed by atoms with Gasteiger partial charge >= 0.3 is 5.97 Å². The normalized spacial score (nSPS) is 14.8. The Bertz CT molecular complexity index is 1240. The van der Waals surface area contributed by atoms with Crippen molar-refractivity contribution in [2.45, 2.75) is 6.54 Å². The van der Waals surface area contributed by atoms with Crippen LogP contribution >= 0.6 is 50.3 Å². The van der Waals surface area contributed by atoms with Crippen molar-refractivity contribution in [2.24, 2.45) is 0 Å². The van der Waals surface area contributed by atoms with Crippen LogP contribution in [0.2, 0.25) is 0 Å². The van der Waals surface area contributed by atoms with E-state index in [1.807, 2.05) is 36.4 Å². The summed E-state index contributed by atoms with van der Waals surface area (Å²) in [4.78, 5) is 39.1. The molecule has 1 saturated heterocycles. The Morgan fingerprint density at radius 2 is 1.69 bits per heavy atom. The third-order valence-corrected chi connectivity index (χ3v) is 7.26. The average Bonchev–Trinajstić information content (AvgIpc) is 3.04. The van der Waals surface area contributed by atoms with Gasteiger partial charge in [0.05, 0.1) is 17.0 Å². The number of imide groups is 1. The highest BCUT2D eigenvalue weighted by Gasteiger charge is 2.35. The number of amides is 2. The molecule has 1 fully saturated rings. The highest BCUT2D eigenvalue weighted by atomic mass is 127. The van der Waals surface area contributed by atoms with Crippen LogP contribution in [0.25, 0.3) is 6.08 Å². The smallest absolute Gasteiger partial charge is 0.344 e. The maximum atomic E-state index is 12.8. The van der Waals surface area contributed by atoms with E-state index in [0.717, 1.165) is 30.9 Å². The van der Waals surface area contributed by atoms with Crippen molar-refractivity contribution in [3.8, 4) is 5.75 Å². The van der Waals surface area contributed by atoms with Gasteiger partial charge in [0, 0.05) is 8.04 Å². The first-order valence-electron chi connectivity index (χ1n) is 9.48. The molecule has 2 amide bonds. The number of esters is 1. The van der Waals surface area contributed by atoms with Gasteiger partial charge < -0.3 is 4.74 Å². The second kappa shape index (κ2) is 10.0. The van der Waals surface area contributed by atoms with E-state index in [4.69, 9.17) is 4.74 Å². The molecule has 0 spiro atoms. The Morgan fingerprint density at radius 1 is 1.00 bits per heavy atom. The molecule has 0 N–H and O–H groups in total. The predicted octanol–water partition coefficient (Wildman–Crippen LogP) is 6.51. The molecule has 32 heavy (non-hydrogen) atoms. The maximum Gasteiger partial charge on any atom is 0.344 e. The van der Waals surface area contributed by atoms with Crippen molar-refractivity contribution in [2.75, 3.05) is 0 Å². The number of ether oxygens (including phenoxy) is 1. The van der Waals surface area contributed by atoms with Gasteiger partial charge in [-0.1, -0.05) is 58.4 Å². The molecular weight excluding hydrogens is 605 g/mol. The molecule has 3 aromatic carbocycles. The zero-order valence-corrected chi connectivity index (χ0v) is 21.0. The minimum Gasteiger partial charge on any atom is -0.423 e. The van der Waals surface area contributed by atoms with Gasteiger partial charge in [0.2, 0.25) is 0 Å². The maximum absolute atomic E-state index is 12.8. The number of hydrogen-bond donors (Lipinski definition) is 0. The van der Waals surface area contributed by atoms with Crippen LogP contribution in [0.15, 0.2) is 82.2 Å². The molecule has 0 aliphatic carbocycles. The van der Waals surface area contributed by atoms with Crippen LogP contribution in [0.5, 0.6) is 5.75 Å². The first kappa shape index (κ1) is 22.8. The molecule has 0 saturated carbocycles. The van der Waals surface area contributed by atoms with Crippen molar-refractivity contribution in [3.05, 3.63) is 102 Å². The Hall–Kier alpha value is -2.43. The van der Waals surface area contributed by atoms with Crippen LogP contribution < -0.4 is 4.74 Å². The Morgan fingerprint density at radius 3 is 2.41 bits per heavy atom. The molecule has 0 bridgehead atoms. The molecular formula is C24H15BrINO4S. The first-order chi connectivity index (χ1) is 15.4. The van der Waals surface area contributed by atoms with Crippen LogP contribution in [0.1, 0.15) is 21.5 Å². The number of hydrogen-bond acceptors (Lipinski definition) is 5. The SMILES string of the molecule is O=C(Oc1ccc(/C=C2\SC(=O)N(Cc3ccccc3Br)C2=O)cc1)c1ccccc1I. The molecule has 160 valence electrons. The van der Waals surface area contributed by atoms with Gasteiger partial charge in [-0.3, -0.25) is 14.5 Å². The van der Waals surface area contributed by atoms with Crippen LogP contribution in [0, 0.1) is 3.57 Å². The fourth-order valence-electron chi connectivity index (χ4n) is 3.01. The van der Waals surface area contributed by atoms with Crippen molar-refractivity contribution < 1.29 is 19.1 Å². The minimum absolute atomic E-state index is 0.205. The highest BCUT2D eigenvalue weighted by Crippen LogP contribution is 2.34.